The van der Waals surface area contributed by atoms with Gasteiger partial charge in [-0.3, -0.25) is 4.79 Å². The molecule has 1 unspecified atom stereocenters. The number of nitrogens with one attached hydrogen (secondary N) is 1. The topological polar surface area (TPSA) is 50.2 Å². The quantitative estimate of drug-likeness (QED) is 0.815. The molecule has 0 aromatic carbocycles. The van der Waals surface area contributed by atoms with E-state index in [1.807, 2.05) is 0 Å². The predicted molar refractivity (Wildman–Crippen MR) is 89.9 cm³/mol. The van der Waals surface area contributed by atoms with Crippen LogP contribution in [-0.4, -0.2) is 40.4 Å². The number of aryl methyl sites for hydroxylation is 1. The highest BCUT2D eigenvalue weighted by Crippen LogP contribution is 2.18. The summed E-state index contributed by atoms with van der Waals surface area (Å²) in [7, 11) is 0. The third-order valence-corrected chi connectivity index (χ3v) is 4.61. The van der Waals surface area contributed by atoms with Gasteiger partial charge in [-0.15, -0.1) is 0 Å². The van der Waals surface area contributed by atoms with Gasteiger partial charge >= 0.3 is 0 Å². The second-order valence-corrected chi connectivity index (χ2v) is 6.60. The van der Waals surface area contributed by atoms with Gasteiger partial charge in [0, 0.05) is 19.1 Å². The van der Waals surface area contributed by atoms with Crippen molar-refractivity contribution >= 4 is 21.6 Å². The van der Waals surface area contributed by atoms with Crippen LogP contribution in [0.4, 0.5) is 5.69 Å². The molecule has 2 rings (SSSR count). The van der Waals surface area contributed by atoms with Crippen LogP contribution < -0.4 is 10.9 Å². The lowest BCUT2D eigenvalue weighted by Crippen LogP contribution is -2.34. The van der Waals surface area contributed by atoms with Gasteiger partial charge in [-0.1, -0.05) is 13.3 Å². The molecule has 1 saturated heterocycles. The van der Waals surface area contributed by atoms with Crippen LogP contribution in [0.2, 0.25) is 0 Å². The van der Waals surface area contributed by atoms with Crippen molar-refractivity contribution in [2.75, 3.05) is 25.0 Å². The van der Waals surface area contributed by atoms with Gasteiger partial charge < -0.3 is 10.2 Å². The number of likely N-dealkylation sites (tertiary alicyclic amines) is 1. The minimum Gasteiger partial charge on any atom is -0.379 e. The Bertz CT molecular complexity index is 511. The fourth-order valence-corrected chi connectivity index (χ4v) is 3.12. The first-order valence-corrected chi connectivity index (χ1v) is 8.65. The minimum atomic E-state index is -0.0539. The molecular weight excluding hydrogens is 332 g/mol. The third kappa shape index (κ3) is 4.54. The molecule has 1 atom stereocenters. The van der Waals surface area contributed by atoms with Crippen molar-refractivity contribution in [1.29, 1.82) is 0 Å². The molecule has 0 amide bonds. The maximum Gasteiger partial charge on any atom is 0.283 e. The van der Waals surface area contributed by atoms with E-state index < -0.39 is 0 Å². The van der Waals surface area contributed by atoms with Gasteiger partial charge in [0.05, 0.1) is 11.9 Å². The van der Waals surface area contributed by atoms with E-state index in [0.717, 1.165) is 25.1 Å². The number of halogens is 1. The Hall–Kier alpha value is -0.880. The summed E-state index contributed by atoms with van der Waals surface area (Å²) in [6.07, 6.45) is 6.37. The smallest absolute Gasteiger partial charge is 0.283 e. The molecule has 1 aromatic heterocycles. The van der Waals surface area contributed by atoms with Crippen molar-refractivity contribution < 1.29 is 0 Å². The Balaban J connectivity index is 1.99. The molecule has 118 valence electrons. The van der Waals surface area contributed by atoms with E-state index in [1.165, 1.54) is 30.6 Å². The first kappa shape index (κ1) is 16.5. The van der Waals surface area contributed by atoms with Crippen LogP contribution >= 0.6 is 15.9 Å². The summed E-state index contributed by atoms with van der Waals surface area (Å²) < 4.78 is 2.12. The largest absolute Gasteiger partial charge is 0.379 e. The van der Waals surface area contributed by atoms with E-state index in [1.54, 1.807) is 6.20 Å². The number of aromatic nitrogens is 2. The van der Waals surface area contributed by atoms with Crippen molar-refractivity contribution in [3.63, 3.8) is 0 Å². The first-order valence-electron chi connectivity index (χ1n) is 7.86. The van der Waals surface area contributed by atoms with Gasteiger partial charge in [-0.25, -0.2) is 4.68 Å². The fraction of sp³-hybridized carbons (Fsp3) is 0.733. The molecule has 1 aliphatic heterocycles. The molecule has 2 heterocycles. The molecule has 1 aromatic rings. The summed E-state index contributed by atoms with van der Waals surface area (Å²) in [4.78, 5) is 14.7. The van der Waals surface area contributed by atoms with Crippen molar-refractivity contribution in [2.24, 2.45) is 0 Å². The van der Waals surface area contributed by atoms with Gasteiger partial charge in [-0.2, -0.15) is 5.10 Å². The van der Waals surface area contributed by atoms with Gasteiger partial charge in [0.25, 0.3) is 5.56 Å². The summed E-state index contributed by atoms with van der Waals surface area (Å²) in [5, 5.41) is 7.66. The lowest BCUT2D eigenvalue weighted by atomic mass is 10.3. The Morgan fingerprint density at radius 1 is 1.43 bits per heavy atom. The number of rotatable bonds is 7. The summed E-state index contributed by atoms with van der Waals surface area (Å²) in [6.45, 7) is 8.31. The molecule has 0 aliphatic carbocycles. The highest BCUT2D eigenvalue weighted by molar-refractivity contribution is 9.10. The predicted octanol–water partition coefficient (Wildman–Crippen LogP) is 2.70. The average molecular weight is 357 g/mol. The molecule has 0 radical (unpaired) electrons. The van der Waals surface area contributed by atoms with E-state index in [2.05, 4.69) is 45.1 Å². The number of hydrogen-bond acceptors (Lipinski definition) is 4. The number of hydrogen-bond donors (Lipinski definition) is 1. The Morgan fingerprint density at radius 2 is 2.14 bits per heavy atom. The maximum absolute atomic E-state index is 12.2. The van der Waals surface area contributed by atoms with Crippen LogP contribution in [-0.2, 0) is 6.54 Å². The van der Waals surface area contributed by atoms with E-state index in [4.69, 9.17) is 0 Å². The van der Waals surface area contributed by atoms with Crippen LogP contribution in [0.25, 0.3) is 0 Å². The summed E-state index contributed by atoms with van der Waals surface area (Å²) in [5.74, 6) is 0. The Labute approximate surface area is 134 Å². The lowest BCUT2D eigenvalue weighted by Gasteiger charge is -2.22. The molecule has 0 saturated carbocycles. The van der Waals surface area contributed by atoms with E-state index in [-0.39, 0.29) is 5.56 Å². The van der Waals surface area contributed by atoms with E-state index >= 15 is 0 Å². The third-order valence-electron chi connectivity index (χ3n) is 3.84. The highest BCUT2D eigenvalue weighted by atomic mass is 79.9. The molecule has 0 bridgehead atoms. The Morgan fingerprint density at radius 3 is 2.81 bits per heavy atom. The molecule has 0 spiro atoms. The van der Waals surface area contributed by atoms with Crippen LogP contribution in [0.1, 0.15) is 39.5 Å². The standard InChI is InChI=1S/C15H25BrN4O/c1-3-4-9-20-15(21)14(16)13(10-17-20)18-12(2)11-19-7-5-6-8-19/h10,12,18H,3-9,11H2,1-2H3. The van der Waals surface area contributed by atoms with Crippen molar-refractivity contribution in [3.8, 4) is 0 Å². The summed E-state index contributed by atoms with van der Waals surface area (Å²) in [5.41, 5.74) is 0.737. The zero-order valence-electron chi connectivity index (χ0n) is 12.9. The number of nitrogens with zero attached hydrogens (tertiary/aromatic N) is 3. The zero-order valence-corrected chi connectivity index (χ0v) is 14.5. The second-order valence-electron chi connectivity index (χ2n) is 5.81. The molecule has 1 fully saturated rings. The SMILES string of the molecule is CCCCn1ncc(NC(C)CN2CCCC2)c(Br)c1=O. The molecule has 1 aliphatic rings. The highest BCUT2D eigenvalue weighted by Gasteiger charge is 2.16. The van der Waals surface area contributed by atoms with Crippen molar-refractivity contribution in [1.82, 2.24) is 14.7 Å². The summed E-state index contributed by atoms with van der Waals surface area (Å²) in [6, 6.07) is 0.298. The Kier molecular flexibility index (Phi) is 6.23. The van der Waals surface area contributed by atoms with Crippen molar-refractivity contribution in [3.05, 3.63) is 21.0 Å². The van der Waals surface area contributed by atoms with E-state index in [9.17, 15) is 4.79 Å². The number of unbranched alkanes of at least 4 members (excludes halogenated alkanes) is 1. The van der Waals surface area contributed by atoms with E-state index in [0.29, 0.717) is 17.1 Å². The van der Waals surface area contributed by atoms with Crippen LogP contribution in [0, 0.1) is 0 Å². The average Bonchev–Trinajstić information content (AvgIpc) is 2.96. The minimum absolute atomic E-state index is 0.0539. The second kappa shape index (κ2) is 7.94. The normalized spacial score (nSPS) is 17.1. The van der Waals surface area contributed by atoms with Crippen LogP contribution in [0.15, 0.2) is 15.5 Å². The molecule has 6 heteroatoms. The fourth-order valence-electron chi connectivity index (χ4n) is 2.70. The van der Waals surface area contributed by atoms with Crippen molar-refractivity contribution in [2.45, 2.75) is 52.1 Å². The van der Waals surface area contributed by atoms with Gasteiger partial charge in [0.2, 0.25) is 0 Å². The van der Waals surface area contributed by atoms with Gasteiger partial charge in [0.15, 0.2) is 0 Å². The molecular formula is C15H25BrN4O. The van der Waals surface area contributed by atoms with Crippen LogP contribution in [0.3, 0.4) is 0 Å². The molecule has 21 heavy (non-hydrogen) atoms. The monoisotopic (exact) mass is 356 g/mol. The number of anilines is 1. The van der Waals surface area contributed by atoms with Gasteiger partial charge in [-0.05, 0) is 55.2 Å². The zero-order chi connectivity index (χ0) is 15.2. The van der Waals surface area contributed by atoms with Gasteiger partial charge in [0.1, 0.15) is 4.47 Å². The molecule has 5 nitrogen and oxygen atoms in total. The molecule has 1 N–H and O–H groups in total. The maximum atomic E-state index is 12.2. The summed E-state index contributed by atoms with van der Waals surface area (Å²) >= 11 is 3.41. The van der Waals surface area contributed by atoms with Crippen LogP contribution in [0.5, 0.6) is 0 Å². The lowest BCUT2D eigenvalue weighted by molar-refractivity contribution is 0.328. The first-order chi connectivity index (χ1) is 10.1.